The summed E-state index contributed by atoms with van der Waals surface area (Å²) in [6, 6.07) is 9.38. The van der Waals surface area contributed by atoms with Gasteiger partial charge in [0.05, 0.1) is 0 Å². The number of amidine groups is 1. The number of benzene rings is 1. The molecular weight excluding hydrogens is 233 g/mol. The van der Waals surface area contributed by atoms with Gasteiger partial charge >= 0.3 is 0 Å². The van der Waals surface area contributed by atoms with E-state index < -0.39 is 5.82 Å². The van der Waals surface area contributed by atoms with Gasteiger partial charge in [-0.2, -0.15) is 0 Å². The van der Waals surface area contributed by atoms with Gasteiger partial charge in [-0.1, -0.05) is 12.1 Å². The third-order valence-corrected chi connectivity index (χ3v) is 2.30. The molecule has 0 bridgehead atoms. The molecule has 0 aliphatic heterocycles. The van der Waals surface area contributed by atoms with E-state index in [4.69, 9.17) is 15.9 Å². The zero-order chi connectivity index (χ0) is 13.1. The van der Waals surface area contributed by atoms with E-state index in [-0.39, 0.29) is 17.5 Å². The van der Waals surface area contributed by atoms with Gasteiger partial charge in [-0.3, -0.25) is 5.41 Å². The number of halogens is 1. The second-order valence-corrected chi connectivity index (χ2v) is 3.81. The van der Waals surface area contributed by atoms with Crippen LogP contribution in [0.4, 0.5) is 4.39 Å². The smallest absolute Gasteiger partial charge is 0.220 e. The van der Waals surface area contributed by atoms with E-state index in [1.807, 2.05) is 6.92 Å². The highest BCUT2D eigenvalue weighted by Crippen LogP contribution is 2.24. The van der Waals surface area contributed by atoms with Crippen LogP contribution >= 0.6 is 0 Å². The lowest BCUT2D eigenvalue weighted by Gasteiger charge is -2.07. The molecule has 1 aromatic heterocycles. The number of aromatic nitrogens is 1. The molecule has 0 saturated heterocycles. The van der Waals surface area contributed by atoms with Gasteiger partial charge < -0.3 is 10.5 Å². The van der Waals surface area contributed by atoms with Crippen LogP contribution in [-0.2, 0) is 0 Å². The molecule has 0 saturated carbocycles. The molecule has 0 aliphatic rings. The van der Waals surface area contributed by atoms with Crippen molar-refractivity contribution in [3.8, 4) is 11.6 Å². The first-order chi connectivity index (χ1) is 8.56. The molecule has 18 heavy (non-hydrogen) atoms. The van der Waals surface area contributed by atoms with Crippen LogP contribution in [0.5, 0.6) is 11.6 Å². The van der Waals surface area contributed by atoms with Crippen LogP contribution in [0, 0.1) is 18.2 Å². The number of rotatable bonds is 3. The third kappa shape index (κ3) is 2.63. The molecule has 2 aromatic rings. The number of nitrogens with two attached hydrogens (primary N) is 1. The highest BCUT2D eigenvalue weighted by molar-refractivity contribution is 5.93. The number of ether oxygens (including phenoxy) is 1. The number of hydrogen-bond acceptors (Lipinski definition) is 3. The Labute approximate surface area is 104 Å². The zero-order valence-electron chi connectivity index (χ0n) is 9.77. The van der Waals surface area contributed by atoms with E-state index in [1.54, 1.807) is 30.3 Å². The average Bonchev–Trinajstić information content (AvgIpc) is 2.34. The number of aryl methyl sites for hydroxylation is 1. The van der Waals surface area contributed by atoms with E-state index in [1.165, 1.54) is 6.07 Å². The van der Waals surface area contributed by atoms with Crippen molar-refractivity contribution in [1.29, 1.82) is 5.41 Å². The Morgan fingerprint density at radius 3 is 2.83 bits per heavy atom. The summed E-state index contributed by atoms with van der Waals surface area (Å²) in [4.78, 5) is 4.00. The largest absolute Gasteiger partial charge is 0.436 e. The molecular formula is C13H12FN3O. The summed E-state index contributed by atoms with van der Waals surface area (Å²) in [6.07, 6.45) is 0. The van der Waals surface area contributed by atoms with Gasteiger partial charge in [0, 0.05) is 6.07 Å². The van der Waals surface area contributed by atoms with Crippen LogP contribution in [0.2, 0.25) is 0 Å². The maximum Gasteiger partial charge on any atom is 0.220 e. The third-order valence-electron chi connectivity index (χ3n) is 2.30. The zero-order valence-corrected chi connectivity index (χ0v) is 9.77. The summed E-state index contributed by atoms with van der Waals surface area (Å²) in [5, 5.41) is 7.27. The standard InChI is InChI=1S/C13H12FN3O/c1-8-5-6-9(14)11(7-8)18-12-4-2-3-10(17-12)13(15)16/h2-7H,1H3,(H3,15,16). The molecule has 5 heteroatoms. The van der Waals surface area contributed by atoms with E-state index in [2.05, 4.69) is 4.98 Å². The minimum Gasteiger partial charge on any atom is -0.436 e. The molecule has 4 nitrogen and oxygen atoms in total. The van der Waals surface area contributed by atoms with Crippen molar-refractivity contribution in [2.75, 3.05) is 0 Å². The molecule has 0 aliphatic carbocycles. The average molecular weight is 245 g/mol. The fraction of sp³-hybridized carbons (Fsp3) is 0.0769. The highest BCUT2D eigenvalue weighted by atomic mass is 19.1. The van der Waals surface area contributed by atoms with Crippen LogP contribution < -0.4 is 10.5 Å². The van der Waals surface area contributed by atoms with Gasteiger partial charge in [-0.15, -0.1) is 0 Å². The Morgan fingerprint density at radius 2 is 2.11 bits per heavy atom. The van der Waals surface area contributed by atoms with Crippen LogP contribution in [0.1, 0.15) is 11.3 Å². The summed E-state index contributed by atoms with van der Waals surface area (Å²) in [6.45, 7) is 1.84. The van der Waals surface area contributed by atoms with E-state index in [0.717, 1.165) is 5.56 Å². The SMILES string of the molecule is Cc1ccc(F)c(Oc2cccc(C(=N)N)n2)c1. The van der Waals surface area contributed by atoms with Crippen molar-refractivity contribution < 1.29 is 9.13 Å². The van der Waals surface area contributed by atoms with Crippen LogP contribution in [0.3, 0.4) is 0 Å². The number of pyridine rings is 1. The maximum atomic E-state index is 13.5. The van der Waals surface area contributed by atoms with Gasteiger partial charge in [0.15, 0.2) is 11.6 Å². The Kier molecular flexibility index (Phi) is 3.23. The second kappa shape index (κ2) is 4.83. The maximum absolute atomic E-state index is 13.5. The first-order valence-corrected chi connectivity index (χ1v) is 5.32. The van der Waals surface area contributed by atoms with Crippen molar-refractivity contribution in [1.82, 2.24) is 4.98 Å². The molecule has 1 heterocycles. The van der Waals surface area contributed by atoms with Gasteiger partial charge in [0.1, 0.15) is 11.5 Å². The summed E-state index contributed by atoms with van der Waals surface area (Å²) in [5.41, 5.74) is 6.50. The van der Waals surface area contributed by atoms with Crippen molar-refractivity contribution in [2.45, 2.75) is 6.92 Å². The van der Waals surface area contributed by atoms with E-state index in [0.29, 0.717) is 5.69 Å². The molecule has 0 radical (unpaired) electrons. The lowest BCUT2D eigenvalue weighted by molar-refractivity contribution is 0.427. The predicted octanol–water partition coefficient (Wildman–Crippen LogP) is 2.61. The predicted molar refractivity (Wildman–Crippen MR) is 66.5 cm³/mol. The summed E-state index contributed by atoms with van der Waals surface area (Å²) in [5.74, 6) is -0.323. The van der Waals surface area contributed by atoms with Crippen molar-refractivity contribution >= 4 is 5.84 Å². The van der Waals surface area contributed by atoms with Gasteiger partial charge in [0.2, 0.25) is 5.88 Å². The monoisotopic (exact) mass is 245 g/mol. The first kappa shape index (κ1) is 12.0. The topological polar surface area (TPSA) is 72.0 Å². The van der Waals surface area contributed by atoms with Crippen molar-refractivity contribution in [3.05, 3.63) is 53.5 Å². The Morgan fingerprint density at radius 1 is 1.33 bits per heavy atom. The Balaban J connectivity index is 2.31. The second-order valence-electron chi connectivity index (χ2n) is 3.81. The number of nitrogens with one attached hydrogen (secondary N) is 1. The van der Waals surface area contributed by atoms with Gasteiger partial charge in [0.25, 0.3) is 0 Å². The minimum atomic E-state index is -0.462. The fourth-order valence-corrected chi connectivity index (χ4v) is 1.42. The molecule has 1 aromatic carbocycles. The highest BCUT2D eigenvalue weighted by Gasteiger charge is 2.07. The summed E-state index contributed by atoms with van der Waals surface area (Å²) >= 11 is 0. The molecule has 0 fully saturated rings. The lowest BCUT2D eigenvalue weighted by atomic mass is 10.2. The van der Waals surface area contributed by atoms with Crippen LogP contribution in [-0.4, -0.2) is 10.8 Å². The first-order valence-electron chi connectivity index (χ1n) is 5.32. The molecule has 3 N–H and O–H groups in total. The van der Waals surface area contributed by atoms with Gasteiger partial charge in [-0.25, -0.2) is 9.37 Å². The molecule has 0 spiro atoms. The summed E-state index contributed by atoms with van der Waals surface area (Å²) in [7, 11) is 0. The number of nitrogen functional groups attached to an aromatic ring is 1. The molecule has 0 amide bonds. The molecule has 0 unspecified atom stereocenters. The van der Waals surface area contributed by atoms with E-state index >= 15 is 0 Å². The van der Waals surface area contributed by atoms with Crippen LogP contribution in [0.15, 0.2) is 36.4 Å². The Hall–Kier alpha value is -2.43. The van der Waals surface area contributed by atoms with E-state index in [9.17, 15) is 4.39 Å². The summed E-state index contributed by atoms with van der Waals surface area (Å²) < 4.78 is 18.8. The van der Waals surface area contributed by atoms with Crippen molar-refractivity contribution in [2.24, 2.45) is 5.73 Å². The van der Waals surface area contributed by atoms with Crippen LogP contribution in [0.25, 0.3) is 0 Å². The minimum absolute atomic E-state index is 0.100. The number of hydrogen-bond donors (Lipinski definition) is 2. The number of nitrogens with zero attached hydrogens (tertiary/aromatic N) is 1. The van der Waals surface area contributed by atoms with Crippen molar-refractivity contribution in [3.63, 3.8) is 0 Å². The van der Waals surface area contributed by atoms with Gasteiger partial charge in [-0.05, 0) is 30.7 Å². The quantitative estimate of drug-likeness (QED) is 0.645. The normalized spacial score (nSPS) is 10.1. The molecule has 0 atom stereocenters. The molecule has 92 valence electrons. The molecule has 2 rings (SSSR count). The fourth-order valence-electron chi connectivity index (χ4n) is 1.42. The lowest BCUT2D eigenvalue weighted by Crippen LogP contribution is -2.13. The Bertz CT molecular complexity index is 599.